The first kappa shape index (κ1) is 20.2. The number of benzene rings is 2. The van der Waals surface area contributed by atoms with Gasteiger partial charge in [-0.15, -0.1) is 0 Å². The number of ether oxygens (including phenoxy) is 2. The maximum Gasteiger partial charge on any atom is 0.251 e. The van der Waals surface area contributed by atoms with Crippen molar-refractivity contribution in [2.45, 2.75) is 13.5 Å². The largest absolute Gasteiger partial charge is 0.493 e. The van der Waals surface area contributed by atoms with Gasteiger partial charge in [-0.25, -0.2) is 4.39 Å². The van der Waals surface area contributed by atoms with Gasteiger partial charge in [-0.3, -0.25) is 9.59 Å². The summed E-state index contributed by atoms with van der Waals surface area (Å²) in [5.41, 5.74) is 1.11. The molecule has 7 heteroatoms. The number of methoxy groups -OCH3 is 2. The number of rotatable bonds is 8. The molecular formula is C20H23FN2O4. The molecule has 0 saturated heterocycles. The zero-order valence-corrected chi connectivity index (χ0v) is 15.6. The first-order chi connectivity index (χ1) is 12.9. The quantitative estimate of drug-likeness (QED) is 0.771. The van der Waals surface area contributed by atoms with Crippen molar-refractivity contribution in [2.75, 3.05) is 27.3 Å². The van der Waals surface area contributed by atoms with Crippen LogP contribution >= 0.6 is 0 Å². The monoisotopic (exact) mass is 374 g/mol. The van der Waals surface area contributed by atoms with E-state index in [4.69, 9.17) is 9.47 Å². The first-order valence-corrected chi connectivity index (χ1v) is 8.44. The number of nitrogens with one attached hydrogen (secondary N) is 1. The third-order valence-corrected chi connectivity index (χ3v) is 4.02. The number of halogens is 1. The molecule has 27 heavy (non-hydrogen) atoms. The van der Waals surface area contributed by atoms with E-state index >= 15 is 0 Å². The molecule has 144 valence electrons. The highest BCUT2D eigenvalue weighted by Crippen LogP contribution is 2.28. The summed E-state index contributed by atoms with van der Waals surface area (Å²) in [4.78, 5) is 25.6. The Kier molecular flexibility index (Phi) is 7.16. The topological polar surface area (TPSA) is 67.9 Å². The molecule has 0 unspecified atom stereocenters. The van der Waals surface area contributed by atoms with Gasteiger partial charge in [0.15, 0.2) is 11.5 Å². The second kappa shape index (κ2) is 9.56. The fourth-order valence-corrected chi connectivity index (χ4v) is 2.58. The molecule has 0 aliphatic carbocycles. The normalized spacial score (nSPS) is 10.2. The maximum absolute atomic E-state index is 13.2. The second-order valence-corrected chi connectivity index (χ2v) is 5.90. The Hall–Kier alpha value is -3.09. The summed E-state index contributed by atoms with van der Waals surface area (Å²) in [6.07, 6.45) is 0. The van der Waals surface area contributed by atoms with Crippen LogP contribution in [0, 0.1) is 5.82 Å². The van der Waals surface area contributed by atoms with Gasteiger partial charge in [0.2, 0.25) is 5.91 Å². The summed E-state index contributed by atoms with van der Waals surface area (Å²) in [7, 11) is 3.10. The minimum absolute atomic E-state index is 0.121. The molecule has 0 aromatic heterocycles. The van der Waals surface area contributed by atoms with Crippen molar-refractivity contribution in [1.29, 1.82) is 0 Å². The van der Waals surface area contributed by atoms with Gasteiger partial charge in [0, 0.05) is 32.1 Å². The predicted molar refractivity (Wildman–Crippen MR) is 99.4 cm³/mol. The third-order valence-electron chi connectivity index (χ3n) is 4.02. The van der Waals surface area contributed by atoms with Crippen molar-refractivity contribution in [1.82, 2.24) is 10.2 Å². The summed E-state index contributed by atoms with van der Waals surface area (Å²) < 4.78 is 23.7. The van der Waals surface area contributed by atoms with Crippen LogP contribution in [0.25, 0.3) is 0 Å². The van der Waals surface area contributed by atoms with E-state index in [9.17, 15) is 14.0 Å². The highest BCUT2D eigenvalue weighted by atomic mass is 19.1. The number of hydrogen-bond donors (Lipinski definition) is 1. The van der Waals surface area contributed by atoms with Crippen molar-refractivity contribution in [2.24, 2.45) is 0 Å². The Labute approximate surface area is 157 Å². The van der Waals surface area contributed by atoms with Crippen molar-refractivity contribution >= 4 is 11.8 Å². The summed E-state index contributed by atoms with van der Waals surface area (Å²) in [5.74, 6) is 0.214. The molecule has 0 radical (unpaired) electrons. The average molecular weight is 374 g/mol. The van der Waals surface area contributed by atoms with E-state index < -0.39 is 5.82 Å². The molecule has 1 N–H and O–H groups in total. The van der Waals surface area contributed by atoms with Crippen LogP contribution in [0.3, 0.4) is 0 Å². The highest BCUT2D eigenvalue weighted by Gasteiger charge is 2.13. The summed E-state index contributed by atoms with van der Waals surface area (Å²) in [6.45, 7) is 2.41. The third kappa shape index (κ3) is 5.70. The Morgan fingerprint density at radius 3 is 2.44 bits per heavy atom. The van der Waals surface area contributed by atoms with Crippen LogP contribution in [-0.4, -0.2) is 44.0 Å². The van der Waals surface area contributed by atoms with E-state index in [-0.39, 0.29) is 23.9 Å². The lowest BCUT2D eigenvalue weighted by molar-refractivity contribution is -0.129. The standard InChI is InChI=1S/C20H23FN2O4/c1-14(24)23(13-15-7-8-18(26-2)19(11-15)27-3)10-9-22-20(25)16-5-4-6-17(21)12-16/h4-8,11-12H,9-10,13H2,1-3H3,(H,22,25). The molecule has 0 aliphatic heterocycles. The Morgan fingerprint density at radius 2 is 1.81 bits per heavy atom. The molecule has 0 fully saturated rings. The molecule has 0 atom stereocenters. The van der Waals surface area contributed by atoms with E-state index in [0.29, 0.717) is 24.6 Å². The van der Waals surface area contributed by atoms with Gasteiger partial charge in [0.25, 0.3) is 5.91 Å². The zero-order chi connectivity index (χ0) is 19.8. The second-order valence-electron chi connectivity index (χ2n) is 5.90. The van der Waals surface area contributed by atoms with E-state index in [1.54, 1.807) is 31.3 Å². The van der Waals surface area contributed by atoms with Crippen molar-refractivity contribution < 1.29 is 23.5 Å². The minimum atomic E-state index is -0.471. The molecule has 2 aromatic rings. The van der Waals surface area contributed by atoms with Crippen molar-refractivity contribution in [3.8, 4) is 11.5 Å². The van der Waals surface area contributed by atoms with E-state index in [1.807, 2.05) is 6.07 Å². The molecule has 0 bridgehead atoms. The van der Waals surface area contributed by atoms with Crippen LogP contribution in [0.1, 0.15) is 22.8 Å². The Morgan fingerprint density at radius 1 is 1.07 bits per heavy atom. The predicted octanol–water partition coefficient (Wildman–Crippen LogP) is 2.62. The van der Waals surface area contributed by atoms with E-state index in [2.05, 4.69) is 5.32 Å². The minimum Gasteiger partial charge on any atom is -0.493 e. The lowest BCUT2D eigenvalue weighted by Gasteiger charge is -2.22. The van der Waals surface area contributed by atoms with Gasteiger partial charge < -0.3 is 19.7 Å². The highest BCUT2D eigenvalue weighted by molar-refractivity contribution is 5.94. The Bertz CT molecular complexity index is 810. The molecule has 2 aromatic carbocycles. The van der Waals surface area contributed by atoms with Gasteiger partial charge >= 0.3 is 0 Å². The molecule has 2 rings (SSSR count). The van der Waals surface area contributed by atoms with Crippen molar-refractivity contribution in [3.63, 3.8) is 0 Å². The molecule has 0 saturated carbocycles. The lowest BCUT2D eigenvalue weighted by Crippen LogP contribution is -2.37. The number of nitrogens with zero attached hydrogens (tertiary/aromatic N) is 1. The van der Waals surface area contributed by atoms with E-state index in [0.717, 1.165) is 5.56 Å². The Balaban J connectivity index is 1.96. The SMILES string of the molecule is COc1ccc(CN(CCNC(=O)c2cccc(F)c2)C(C)=O)cc1OC. The lowest BCUT2D eigenvalue weighted by atomic mass is 10.2. The molecule has 2 amide bonds. The van der Waals surface area contributed by atoms with Gasteiger partial charge in [0.1, 0.15) is 5.82 Å². The van der Waals surface area contributed by atoms with Gasteiger partial charge in [-0.2, -0.15) is 0 Å². The molecule has 0 heterocycles. The molecular weight excluding hydrogens is 351 g/mol. The first-order valence-electron chi connectivity index (χ1n) is 8.44. The summed E-state index contributed by atoms with van der Waals surface area (Å²) in [5, 5.41) is 2.69. The molecule has 0 aliphatic rings. The number of carbonyl (C=O) groups excluding carboxylic acids is 2. The summed E-state index contributed by atoms with van der Waals surface area (Å²) in [6, 6.07) is 10.9. The van der Waals surface area contributed by atoms with Gasteiger partial charge in [-0.05, 0) is 35.9 Å². The van der Waals surface area contributed by atoms with Crippen LogP contribution in [-0.2, 0) is 11.3 Å². The number of hydrogen-bond acceptors (Lipinski definition) is 4. The zero-order valence-electron chi connectivity index (χ0n) is 15.6. The van der Waals surface area contributed by atoms with Crippen LogP contribution in [0.15, 0.2) is 42.5 Å². The van der Waals surface area contributed by atoms with E-state index in [1.165, 1.54) is 31.2 Å². The van der Waals surface area contributed by atoms with Gasteiger partial charge in [-0.1, -0.05) is 12.1 Å². The average Bonchev–Trinajstić information content (AvgIpc) is 2.66. The number of amides is 2. The smallest absolute Gasteiger partial charge is 0.251 e. The fourth-order valence-electron chi connectivity index (χ4n) is 2.58. The molecule has 0 spiro atoms. The van der Waals surface area contributed by atoms with Crippen LogP contribution in [0.4, 0.5) is 4.39 Å². The van der Waals surface area contributed by atoms with Crippen LogP contribution in [0.2, 0.25) is 0 Å². The van der Waals surface area contributed by atoms with Gasteiger partial charge in [0.05, 0.1) is 14.2 Å². The fraction of sp³-hybridized carbons (Fsp3) is 0.300. The van der Waals surface area contributed by atoms with Crippen molar-refractivity contribution in [3.05, 3.63) is 59.4 Å². The maximum atomic E-state index is 13.2. The molecule has 6 nitrogen and oxygen atoms in total. The van der Waals surface area contributed by atoms with Crippen LogP contribution < -0.4 is 14.8 Å². The van der Waals surface area contributed by atoms with Crippen LogP contribution in [0.5, 0.6) is 11.5 Å². The summed E-state index contributed by atoms with van der Waals surface area (Å²) >= 11 is 0. The number of carbonyl (C=O) groups is 2.